The lowest BCUT2D eigenvalue weighted by Crippen LogP contribution is -2.46. The van der Waals surface area contributed by atoms with E-state index < -0.39 is 0 Å². The summed E-state index contributed by atoms with van der Waals surface area (Å²) in [6.45, 7) is 4.95. The van der Waals surface area contributed by atoms with Crippen LogP contribution in [0.5, 0.6) is 0 Å². The molecule has 100 valence electrons. The highest BCUT2D eigenvalue weighted by Crippen LogP contribution is 2.22. The van der Waals surface area contributed by atoms with E-state index in [2.05, 4.69) is 55.5 Å². The van der Waals surface area contributed by atoms with Gasteiger partial charge in [-0.3, -0.25) is 0 Å². The number of benzene rings is 1. The normalized spacial score (nSPS) is 23.9. The van der Waals surface area contributed by atoms with Crippen LogP contribution in [0.2, 0.25) is 0 Å². The van der Waals surface area contributed by atoms with E-state index in [-0.39, 0.29) is 0 Å². The minimum atomic E-state index is 0.563. The van der Waals surface area contributed by atoms with Crippen molar-refractivity contribution in [2.45, 2.75) is 19.4 Å². The number of nitrogens with one attached hydrogen (secondary N) is 1. The lowest BCUT2D eigenvalue weighted by atomic mass is 9.95. The summed E-state index contributed by atoms with van der Waals surface area (Å²) < 4.78 is 5.61. The molecule has 2 rings (SSSR count). The molecule has 0 saturated carbocycles. The first kappa shape index (κ1) is 13.4. The number of hydrogen-bond donors (Lipinski definition) is 1. The topological polar surface area (TPSA) is 24.5 Å². The first-order valence-electron chi connectivity index (χ1n) is 6.74. The Labute approximate surface area is 110 Å². The Kier molecular flexibility index (Phi) is 4.61. The van der Waals surface area contributed by atoms with E-state index in [0.717, 1.165) is 26.2 Å². The van der Waals surface area contributed by atoms with Crippen molar-refractivity contribution in [3.63, 3.8) is 0 Å². The Morgan fingerprint density at radius 1 is 1.39 bits per heavy atom. The number of rotatable bonds is 4. The minimum absolute atomic E-state index is 0.563. The van der Waals surface area contributed by atoms with Crippen LogP contribution >= 0.6 is 0 Å². The van der Waals surface area contributed by atoms with Crippen LogP contribution in [0.1, 0.15) is 12.0 Å². The molecule has 0 spiro atoms. The molecule has 0 bridgehead atoms. The molecular formula is C15H24N2O. The van der Waals surface area contributed by atoms with E-state index in [4.69, 9.17) is 4.74 Å². The van der Waals surface area contributed by atoms with Crippen molar-refractivity contribution >= 4 is 5.69 Å². The van der Waals surface area contributed by atoms with E-state index in [0.29, 0.717) is 12.0 Å². The molecule has 1 fully saturated rings. The van der Waals surface area contributed by atoms with Crippen LogP contribution in [0, 0.1) is 12.8 Å². The summed E-state index contributed by atoms with van der Waals surface area (Å²) in [6.07, 6.45) is 1.11. The highest BCUT2D eigenvalue weighted by molar-refractivity contribution is 5.52. The highest BCUT2D eigenvalue weighted by atomic mass is 16.5. The van der Waals surface area contributed by atoms with Crippen molar-refractivity contribution in [2.75, 3.05) is 38.8 Å². The van der Waals surface area contributed by atoms with Crippen LogP contribution in [-0.2, 0) is 4.74 Å². The van der Waals surface area contributed by atoms with Gasteiger partial charge in [0.05, 0.1) is 6.61 Å². The zero-order valence-corrected chi connectivity index (χ0v) is 11.6. The smallest absolute Gasteiger partial charge is 0.0526 e. The van der Waals surface area contributed by atoms with Gasteiger partial charge >= 0.3 is 0 Å². The Morgan fingerprint density at radius 3 is 2.89 bits per heavy atom. The van der Waals surface area contributed by atoms with Crippen molar-refractivity contribution in [3.8, 4) is 0 Å². The maximum atomic E-state index is 5.61. The zero-order valence-electron chi connectivity index (χ0n) is 11.6. The molecule has 1 aliphatic rings. The van der Waals surface area contributed by atoms with Crippen molar-refractivity contribution in [2.24, 2.45) is 5.92 Å². The lowest BCUT2D eigenvalue weighted by molar-refractivity contribution is 0.0371. The molecule has 2 atom stereocenters. The molecule has 2 unspecified atom stereocenters. The second-order valence-electron chi connectivity index (χ2n) is 5.19. The lowest BCUT2D eigenvalue weighted by Gasteiger charge is -2.35. The van der Waals surface area contributed by atoms with Crippen LogP contribution < -0.4 is 10.2 Å². The summed E-state index contributed by atoms with van der Waals surface area (Å²) >= 11 is 0. The Hall–Kier alpha value is -1.06. The quantitative estimate of drug-likeness (QED) is 0.882. The van der Waals surface area contributed by atoms with Crippen molar-refractivity contribution in [1.82, 2.24) is 5.32 Å². The monoisotopic (exact) mass is 248 g/mol. The number of ether oxygens (including phenoxy) is 1. The van der Waals surface area contributed by atoms with E-state index in [1.54, 1.807) is 0 Å². The SMILES string of the molecule is CNC1CCOCC1CN(C)c1ccccc1C. The fourth-order valence-electron chi connectivity index (χ4n) is 2.80. The molecule has 1 saturated heterocycles. The van der Waals surface area contributed by atoms with Gasteiger partial charge < -0.3 is 15.0 Å². The summed E-state index contributed by atoms with van der Waals surface area (Å²) in [6, 6.07) is 9.12. The van der Waals surface area contributed by atoms with Crippen LogP contribution in [0.25, 0.3) is 0 Å². The fraction of sp³-hybridized carbons (Fsp3) is 0.600. The number of anilines is 1. The minimum Gasteiger partial charge on any atom is -0.381 e. The predicted octanol–water partition coefficient (Wildman–Crippen LogP) is 2.06. The third-order valence-corrected chi connectivity index (χ3v) is 3.88. The summed E-state index contributed by atoms with van der Waals surface area (Å²) in [5, 5.41) is 3.42. The third-order valence-electron chi connectivity index (χ3n) is 3.88. The molecule has 0 amide bonds. The van der Waals surface area contributed by atoms with Gasteiger partial charge in [0.1, 0.15) is 0 Å². The molecule has 1 aromatic rings. The molecule has 18 heavy (non-hydrogen) atoms. The summed E-state index contributed by atoms with van der Waals surface area (Å²) in [5.74, 6) is 0.563. The van der Waals surface area contributed by atoms with Crippen molar-refractivity contribution in [3.05, 3.63) is 29.8 Å². The maximum absolute atomic E-state index is 5.61. The fourth-order valence-corrected chi connectivity index (χ4v) is 2.80. The van der Waals surface area contributed by atoms with E-state index in [1.165, 1.54) is 11.3 Å². The van der Waals surface area contributed by atoms with Crippen LogP contribution in [0.4, 0.5) is 5.69 Å². The Morgan fingerprint density at radius 2 is 2.17 bits per heavy atom. The first-order chi connectivity index (χ1) is 8.72. The van der Waals surface area contributed by atoms with Crippen molar-refractivity contribution < 1.29 is 4.74 Å². The Bertz CT molecular complexity index is 381. The predicted molar refractivity (Wildman–Crippen MR) is 76.2 cm³/mol. The van der Waals surface area contributed by atoms with Gasteiger partial charge in [0.15, 0.2) is 0 Å². The van der Waals surface area contributed by atoms with Gasteiger partial charge in [-0.2, -0.15) is 0 Å². The summed E-state index contributed by atoms with van der Waals surface area (Å²) in [5.41, 5.74) is 2.65. The maximum Gasteiger partial charge on any atom is 0.0526 e. The summed E-state index contributed by atoms with van der Waals surface area (Å²) in [4.78, 5) is 2.35. The van der Waals surface area contributed by atoms with Crippen LogP contribution in [0.15, 0.2) is 24.3 Å². The highest BCUT2D eigenvalue weighted by Gasteiger charge is 2.25. The number of aryl methyl sites for hydroxylation is 1. The molecule has 1 aromatic carbocycles. The van der Waals surface area contributed by atoms with Crippen LogP contribution in [0.3, 0.4) is 0 Å². The molecule has 0 aromatic heterocycles. The van der Waals surface area contributed by atoms with E-state index in [9.17, 15) is 0 Å². The Balaban J connectivity index is 2.02. The number of hydrogen-bond acceptors (Lipinski definition) is 3. The van der Waals surface area contributed by atoms with Gasteiger partial charge in [-0.1, -0.05) is 18.2 Å². The van der Waals surface area contributed by atoms with Gasteiger partial charge in [0.25, 0.3) is 0 Å². The average Bonchev–Trinajstić information content (AvgIpc) is 2.39. The molecule has 0 aliphatic carbocycles. The molecule has 3 nitrogen and oxygen atoms in total. The van der Waals surface area contributed by atoms with E-state index >= 15 is 0 Å². The zero-order chi connectivity index (χ0) is 13.0. The van der Waals surface area contributed by atoms with Gasteiger partial charge in [0, 0.05) is 37.8 Å². The standard InChI is InChI=1S/C15H24N2O/c1-12-6-4-5-7-15(12)17(3)10-13-11-18-9-8-14(13)16-2/h4-7,13-14,16H,8-11H2,1-3H3. The molecule has 0 radical (unpaired) electrons. The molecule has 1 N–H and O–H groups in total. The molecular weight excluding hydrogens is 224 g/mol. The largest absolute Gasteiger partial charge is 0.381 e. The third kappa shape index (κ3) is 3.03. The summed E-state index contributed by atoms with van der Waals surface area (Å²) in [7, 11) is 4.22. The van der Waals surface area contributed by atoms with Gasteiger partial charge in [-0.15, -0.1) is 0 Å². The second-order valence-corrected chi connectivity index (χ2v) is 5.19. The number of para-hydroxylation sites is 1. The average molecular weight is 248 g/mol. The van der Waals surface area contributed by atoms with Gasteiger partial charge in [0.2, 0.25) is 0 Å². The molecule has 1 aliphatic heterocycles. The number of nitrogens with zero attached hydrogens (tertiary/aromatic N) is 1. The molecule has 3 heteroatoms. The van der Waals surface area contributed by atoms with Crippen molar-refractivity contribution in [1.29, 1.82) is 0 Å². The van der Waals surface area contributed by atoms with Gasteiger partial charge in [-0.25, -0.2) is 0 Å². The molecule has 1 heterocycles. The first-order valence-corrected chi connectivity index (χ1v) is 6.74. The van der Waals surface area contributed by atoms with Gasteiger partial charge in [-0.05, 0) is 32.0 Å². The second kappa shape index (κ2) is 6.21. The van der Waals surface area contributed by atoms with E-state index in [1.807, 2.05) is 0 Å². The van der Waals surface area contributed by atoms with Crippen LogP contribution in [-0.4, -0.2) is 39.9 Å².